The number of rotatable bonds is 3. The van der Waals surface area contributed by atoms with Gasteiger partial charge in [-0.15, -0.1) is 0 Å². The highest BCUT2D eigenvalue weighted by atomic mass is 35.5. The van der Waals surface area contributed by atoms with Gasteiger partial charge in [-0.25, -0.2) is 9.97 Å². The molecule has 1 rings (SSSR count). The molecule has 0 saturated carbocycles. The van der Waals surface area contributed by atoms with Crippen molar-refractivity contribution in [2.75, 3.05) is 11.9 Å². The molecule has 0 bridgehead atoms. The van der Waals surface area contributed by atoms with E-state index in [4.69, 9.17) is 11.6 Å². The molecule has 4 heteroatoms. The maximum absolute atomic E-state index is 5.57. The van der Waals surface area contributed by atoms with E-state index in [1.54, 1.807) is 6.20 Å². The first-order valence-corrected chi connectivity index (χ1v) is 4.27. The van der Waals surface area contributed by atoms with Crippen LogP contribution in [0.2, 0.25) is 5.15 Å². The van der Waals surface area contributed by atoms with E-state index in [0.29, 0.717) is 11.1 Å². The molecule has 0 atom stereocenters. The summed E-state index contributed by atoms with van der Waals surface area (Å²) in [5.74, 6) is 1.37. The third-order valence-electron chi connectivity index (χ3n) is 1.31. The smallest absolute Gasteiger partial charge is 0.147 e. The van der Waals surface area contributed by atoms with Crippen LogP contribution in [0.5, 0.6) is 0 Å². The molecular weight excluding hydrogens is 174 g/mol. The Hall–Kier alpha value is -0.830. The van der Waals surface area contributed by atoms with Gasteiger partial charge in [0.15, 0.2) is 0 Å². The van der Waals surface area contributed by atoms with E-state index in [-0.39, 0.29) is 0 Å². The van der Waals surface area contributed by atoms with Crippen LogP contribution in [0.15, 0.2) is 12.4 Å². The first kappa shape index (κ1) is 9.26. The van der Waals surface area contributed by atoms with Gasteiger partial charge in [0.2, 0.25) is 0 Å². The van der Waals surface area contributed by atoms with Crippen molar-refractivity contribution in [2.24, 2.45) is 5.92 Å². The van der Waals surface area contributed by atoms with E-state index in [1.165, 1.54) is 6.20 Å². The number of nitrogens with one attached hydrogen (secondary N) is 1. The third-order valence-corrected chi connectivity index (χ3v) is 1.51. The Morgan fingerprint density at radius 1 is 1.42 bits per heavy atom. The second-order valence-corrected chi connectivity index (χ2v) is 3.39. The minimum Gasteiger partial charge on any atom is -0.369 e. The van der Waals surface area contributed by atoms with E-state index in [9.17, 15) is 0 Å². The molecule has 0 fully saturated rings. The van der Waals surface area contributed by atoms with Crippen LogP contribution in [0.1, 0.15) is 13.8 Å². The van der Waals surface area contributed by atoms with E-state index in [1.807, 2.05) is 0 Å². The molecular formula is C8H12ClN3. The second-order valence-electron chi connectivity index (χ2n) is 3.00. The third kappa shape index (κ3) is 3.05. The molecule has 0 saturated heterocycles. The number of halogens is 1. The quantitative estimate of drug-likeness (QED) is 0.785. The Morgan fingerprint density at radius 3 is 2.67 bits per heavy atom. The molecule has 0 unspecified atom stereocenters. The minimum atomic E-state index is 0.421. The minimum absolute atomic E-state index is 0.421. The summed E-state index contributed by atoms with van der Waals surface area (Å²) in [5.41, 5.74) is 0. The van der Waals surface area contributed by atoms with Crippen molar-refractivity contribution in [2.45, 2.75) is 13.8 Å². The zero-order valence-electron chi connectivity index (χ0n) is 7.21. The highest BCUT2D eigenvalue weighted by Gasteiger charge is 1.96. The predicted octanol–water partition coefficient (Wildman–Crippen LogP) is 2.20. The van der Waals surface area contributed by atoms with E-state index < -0.39 is 0 Å². The summed E-state index contributed by atoms with van der Waals surface area (Å²) in [6, 6.07) is 0. The van der Waals surface area contributed by atoms with E-state index >= 15 is 0 Å². The first-order chi connectivity index (χ1) is 5.68. The summed E-state index contributed by atoms with van der Waals surface area (Å²) >= 11 is 5.57. The van der Waals surface area contributed by atoms with Gasteiger partial charge >= 0.3 is 0 Å². The molecule has 66 valence electrons. The summed E-state index contributed by atoms with van der Waals surface area (Å²) in [6.07, 6.45) is 3.16. The van der Waals surface area contributed by atoms with Gasteiger partial charge in [0, 0.05) is 6.54 Å². The van der Waals surface area contributed by atoms with Gasteiger partial charge < -0.3 is 5.32 Å². The lowest BCUT2D eigenvalue weighted by Crippen LogP contribution is -2.09. The molecule has 12 heavy (non-hydrogen) atoms. The monoisotopic (exact) mass is 185 g/mol. The topological polar surface area (TPSA) is 37.8 Å². The van der Waals surface area contributed by atoms with E-state index in [2.05, 4.69) is 29.1 Å². The molecule has 0 aliphatic carbocycles. The Kier molecular flexibility index (Phi) is 3.29. The van der Waals surface area contributed by atoms with Crippen molar-refractivity contribution in [3.63, 3.8) is 0 Å². The van der Waals surface area contributed by atoms with Gasteiger partial charge in [-0.2, -0.15) is 0 Å². The molecule has 0 amide bonds. The molecule has 1 aromatic rings. The lowest BCUT2D eigenvalue weighted by Gasteiger charge is -2.06. The first-order valence-electron chi connectivity index (χ1n) is 3.90. The molecule has 0 aliphatic rings. The maximum Gasteiger partial charge on any atom is 0.147 e. The fourth-order valence-electron chi connectivity index (χ4n) is 0.712. The standard InChI is InChI=1S/C8H12ClN3/c1-6(2)3-11-8-5-10-7(9)4-12-8/h4-6H,3H2,1-2H3,(H,11,12). The van der Waals surface area contributed by atoms with Crippen molar-refractivity contribution in [3.05, 3.63) is 17.5 Å². The van der Waals surface area contributed by atoms with Gasteiger partial charge in [-0.05, 0) is 5.92 Å². The molecule has 1 N–H and O–H groups in total. The fourth-order valence-corrected chi connectivity index (χ4v) is 0.810. The highest BCUT2D eigenvalue weighted by Crippen LogP contribution is 2.05. The Bertz CT molecular complexity index is 233. The molecule has 0 aliphatic heterocycles. The lowest BCUT2D eigenvalue weighted by atomic mass is 10.2. The zero-order chi connectivity index (χ0) is 8.97. The van der Waals surface area contributed by atoms with Crippen LogP contribution in [-0.2, 0) is 0 Å². The highest BCUT2D eigenvalue weighted by molar-refractivity contribution is 6.29. The molecule has 1 aromatic heterocycles. The Labute approximate surface area is 77.2 Å². The van der Waals surface area contributed by atoms with Crippen LogP contribution in [-0.4, -0.2) is 16.5 Å². The van der Waals surface area contributed by atoms with Crippen molar-refractivity contribution in [1.29, 1.82) is 0 Å². The van der Waals surface area contributed by atoms with Gasteiger partial charge in [0.05, 0.1) is 12.4 Å². The maximum atomic E-state index is 5.57. The normalized spacial score (nSPS) is 10.3. The number of hydrogen-bond donors (Lipinski definition) is 1. The van der Waals surface area contributed by atoms with Gasteiger partial charge in [0.1, 0.15) is 11.0 Å². The van der Waals surface area contributed by atoms with Crippen molar-refractivity contribution >= 4 is 17.4 Å². The summed E-state index contributed by atoms with van der Waals surface area (Å²) in [4.78, 5) is 7.94. The second kappa shape index (κ2) is 4.26. The number of anilines is 1. The van der Waals surface area contributed by atoms with Gasteiger partial charge in [-0.3, -0.25) is 0 Å². The van der Waals surface area contributed by atoms with Crippen LogP contribution < -0.4 is 5.32 Å². The summed E-state index contributed by atoms with van der Waals surface area (Å²) < 4.78 is 0. The number of aromatic nitrogens is 2. The van der Waals surface area contributed by atoms with Crippen molar-refractivity contribution < 1.29 is 0 Å². The summed E-state index contributed by atoms with van der Waals surface area (Å²) in [7, 11) is 0. The lowest BCUT2D eigenvalue weighted by molar-refractivity contribution is 0.686. The van der Waals surface area contributed by atoms with Crippen LogP contribution >= 0.6 is 11.6 Å². The molecule has 1 heterocycles. The van der Waals surface area contributed by atoms with Crippen LogP contribution in [0.25, 0.3) is 0 Å². The van der Waals surface area contributed by atoms with Gasteiger partial charge in [-0.1, -0.05) is 25.4 Å². The Morgan fingerprint density at radius 2 is 2.17 bits per heavy atom. The number of hydrogen-bond acceptors (Lipinski definition) is 3. The summed E-state index contributed by atoms with van der Waals surface area (Å²) in [6.45, 7) is 5.17. The molecule has 3 nitrogen and oxygen atoms in total. The van der Waals surface area contributed by atoms with Crippen LogP contribution in [0.4, 0.5) is 5.82 Å². The van der Waals surface area contributed by atoms with Crippen LogP contribution in [0, 0.1) is 5.92 Å². The average Bonchev–Trinajstić information content (AvgIpc) is 2.03. The molecule has 0 aromatic carbocycles. The van der Waals surface area contributed by atoms with E-state index in [0.717, 1.165) is 12.4 Å². The SMILES string of the molecule is CC(C)CNc1cnc(Cl)cn1. The average molecular weight is 186 g/mol. The fraction of sp³-hybridized carbons (Fsp3) is 0.500. The molecule has 0 spiro atoms. The molecule has 0 radical (unpaired) electrons. The zero-order valence-corrected chi connectivity index (χ0v) is 7.97. The predicted molar refractivity (Wildman–Crippen MR) is 50.4 cm³/mol. The Balaban J connectivity index is 2.48. The summed E-state index contributed by atoms with van der Waals surface area (Å²) in [5, 5.41) is 3.56. The van der Waals surface area contributed by atoms with Crippen molar-refractivity contribution in [3.8, 4) is 0 Å². The number of nitrogens with zero attached hydrogens (tertiary/aromatic N) is 2. The van der Waals surface area contributed by atoms with Crippen LogP contribution in [0.3, 0.4) is 0 Å². The van der Waals surface area contributed by atoms with Gasteiger partial charge in [0.25, 0.3) is 0 Å². The van der Waals surface area contributed by atoms with Crippen molar-refractivity contribution in [1.82, 2.24) is 9.97 Å². The largest absolute Gasteiger partial charge is 0.369 e.